The zero-order valence-electron chi connectivity index (χ0n) is 12.1. The second-order valence-electron chi connectivity index (χ2n) is 5.43. The van der Waals surface area contributed by atoms with Crippen molar-refractivity contribution in [1.29, 1.82) is 0 Å². The Morgan fingerprint density at radius 3 is 2.96 bits per heavy atom. The molecule has 0 saturated heterocycles. The fraction of sp³-hybridized carbons (Fsp3) is 0.0588. The van der Waals surface area contributed by atoms with E-state index in [0.29, 0.717) is 0 Å². The fourth-order valence-electron chi connectivity index (χ4n) is 2.85. The summed E-state index contributed by atoms with van der Waals surface area (Å²) in [6.07, 6.45) is 3.55. The number of nitrogens with one attached hydrogen (secondary N) is 1. The molecule has 2 aromatic heterocycles. The molecule has 2 heterocycles. The van der Waals surface area contributed by atoms with E-state index in [-0.39, 0.29) is 12.4 Å². The minimum atomic E-state index is -0.442. The molecule has 0 unspecified atom stereocenters. The van der Waals surface area contributed by atoms with Crippen LogP contribution in [-0.4, -0.2) is 20.7 Å². The lowest BCUT2D eigenvalue weighted by atomic mass is 10.0. The van der Waals surface area contributed by atoms with Crippen LogP contribution >= 0.6 is 0 Å². The highest BCUT2D eigenvalue weighted by atomic mass is 19.1. The van der Waals surface area contributed by atoms with Crippen LogP contribution in [0.3, 0.4) is 0 Å². The Labute approximate surface area is 130 Å². The highest BCUT2D eigenvalue weighted by Crippen LogP contribution is 2.31. The number of halogens is 1. The molecule has 0 atom stereocenters. The average Bonchev–Trinajstić information content (AvgIpc) is 3.10. The third-order valence-electron chi connectivity index (χ3n) is 3.91. The first-order chi connectivity index (χ1) is 11.1. The van der Waals surface area contributed by atoms with Gasteiger partial charge in [-0.15, -0.1) is 0 Å². The lowest BCUT2D eigenvalue weighted by Gasteiger charge is -2.03. The Morgan fingerprint density at radius 1 is 1.26 bits per heavy atom. The summed E-state index contributed by atoms with van der Waals surface area (Å²) in [5.74, 6) is -0.719. The Kier molecular flexibility index (Phi) is 2.90. The number of nitrogens with zero attached hydrogens (tertiary/aromatic N) is 2. The number of fused-ring (bicyclic) bond motifs is 2. The van der Waals surface area contributed by atoms with Gasteiger partial charge in [-0.25, -0.2) is 4.39 Å². The SMILES string of the molecule is NC(=O)Cn1ncc2ccc(-c3c[nH]c4cc(F)ccc34)cc21. The van der Waals surface area contributed by atoms with Crippen LogP contribution in [0.1, 0.15) is 0 Å². The number of hydrogen-bond donors (Lipinski definition) is 2. The molecule has 0 bridgehead atoms. The van der Waals surface area contributed by atoms with Crippen molar-refractivity contribution < 1.29 is 9.18 Å². The molecule has 0 spiro atoms. The summed E-state index contributed by atoms with van der Waals surface area (Å²) in [6, 6.07) is 10.5. The molecule has 0 radical (unpaired) electrons. The number of carbonyl (C=O) groups excluding carboxylic acids is 1. The van der Waals surface area contributed by atoms with Crippen molar-refractivity contribution in [1.82, 2.24) is 14.8 Å². The van der Waals surface area contributed by atoms with Crippen molar-refractivity contribution in [3.8, 4) is 11.1 Å². The first kappa shape index (κ1) is 13.5. The number of amides is 1. The van der Waals surface area contributed by atoms with E-state index in [0.717, 1.165) is 32.9 Å². The van der Waals surface area contributed by atoms with Gasteiger partial charge in [0.2, 0.25) is 5.91 Å². The number of aromatic nitrogens is 3. The molecule has 0 aliphatic rings. The largest absolute Gasteiger partial charge is 0.368 e. The monoisotopic (exact) mass is 308 g/mol. The molecule has 0 fully saturated rings. The van der Waals surface area contributed by atoms with Gasteiger partial charge in [0.05, 0.1) is 11.7 Å². The standard InChI is InChI=1S/C17H13FN4O/c18-12-3-4-13-14(8-20-15(13)6-12)10-1-2-11-7-21-22(9-17(19)23)16(11)5-10/h1-8,20H,9H2,(H2,19,23). The summed E-state index contributed by atoms with van der Waals surface area (Å²) in [4.78, 5) is 14.2. The number of carbonyl (C=O) groups is 1. The Morgan fingerprint density at radius 2 is 2.13 bits per heavy atom. The van der Waals surface area contributed by atoms with E-state index < -0.39 is 5.91 Å². The van der Waals surface area contributed by atoms with Crippen LogP contribution in [0.4, 0.5) is 4.39 Å². The normalized spacial score (nSPS) is 11.3. The van der Waals surface area contributed by atoms with Crippen molar-refractivity contribution in [3.63, 3.8) is 0 Å². The predicted octanol–water partition coefficient (Wildman–Crippen LogP) is 2.81. The van der Waals surface area contributed by atoms with E-state index in [1.807, 2.05) is 24.4 Å². The second-order valence-corrected chi connectivity index (χ2v) is 5.43. The molecule has 4 aromatic rings. The molecule has 114 valence electrons. The van der Waals surface area contributed by atoms with Gasteiger partial charge in [-0.05, 0) is 29.8 Å². The van der Waals surface area contributed by atoms with Crippen LogP contribution < -0.4 is 5.73 Å². The van der Waals surface area contributed by atoms with Crippen LogP contribution in [0.15, 0.2) is 48.8 Å². The number of hydrogen-bond acceptors (Lipinski definition) is 2. The van der Waals surface area contributed by atoms with E-state index in [1.165, 1.54) is 12.1 Å². The van der Waals surface area contributed by atoms with Crippen molar-refractivity contribution in [2.24, 2.45) is 5.73 Å². The molecule has 5 nitrogen and oxygen atoms in total. The van der Waals surface area contributed by atoms with Gasteiger partial charge >= 0.3 is 0 Å². The van der Waals surface area contributed by atoms with Crippen molar-refractivity contribution in [2.75, 3.05) is 0 Å². The summed E-state index contributed by atoms with van der Waals surface area (Å²) in [7, 11) is 0. The highest BCUT2D eigenvalue weighted by molar-refractivity contribution is 5.97. The fourth-order valence-corrected chi connectivity index (χ4v) is 2.85. The summed E-state index contributed by atoms with van der Waals surface area (Å²) in [5.41, 5.74) is 8.75. The van der Waals surface area contributed by atoms with Gasteiger partial charge in [0.25, 0.3) is 0 Å². The topological polar surface area (TPSA) is 76.7 Å². The number of H-pyrrole nitrogens is 1. The highest BCUT2D eigenvalue weighted by Gasteiger charge is 2.10. The summed E-state index contributed by atoms with van der Waals surface area (Å²) in [6.45, 7) is 0.0338. The van der Waals surface area contributed by atoms with E-state index in [9.17, 15) is 9.18 Å². The molecule has 3 N–H and O–H groups in total. The Hall–Kier alpha value is -3.15. The van der Waals surface area contributed by atoms with Gasteiger partial charge in [0.1, 0.15) is 12.4 Å². The maximum Gasteiger partial charge on any atom is 0.239 e. The Balaban J connectivity index is 1.88. The van der Waals surface area contributed by atoms with E-state index in [1.54, 1.807) is 16.9 Å². The van der Waals surface area contributed by atoms with Crippen LogP contribution in [0.25, 0.3) is 32.9 Å². The van der Waals surface area contributed by atoms with Crippen LogP contribution in [0.2, 0.25) is 0 Å². The van der Waals surface area contributed by atoms with Crippen molar-refractivity contribution in [3.05, 3.63) is 54.6 Å². The first-order valence-electron chi connectivity index (χ1n) is 7.13. The number of primary amides is 1. The third-order valence-corrected chi connectivity index (χ3v) is 3.91. The molecule has 0 aliphatic heterocycles. The van der Waals surface area contributed by atoms with Crippen LogP contribution in [0.5, 0.6) is 0 Å². The lowest BCUT2D eigenvalue weighted by Crippen LogP contribution is -2.19. The van der Waals surface area contributed by atoms with E-state index in [4.69, 9.17) is 5.73 Å². The first-order valence-corrected chi connectivity index (χ1v) is 7.13. The van der Waals surface area contributed by atoms with Gasteiger partial charge in [0.15, 0.2) is 0 Å². The summed E-state index contributed by atoms with van der Waals surface area (Å²) in [5, 5.41) is 6.06. The van der Waals surface area contributed by atoms with E-state index in [2.05, 4.69) is 10.1 Å². The van der Waals surface area contributed by atoms with Crippen molar-refractivity contribution in [2.45, 2.75) is 6.54 Å². The molecular formula is C17H13FN4O. The van der Waals surface area contributed by atoms with Gasteiger partial charge in [-0.2, -0.15) is 5.10 Å². The molecule has 4 rings (SSSR count). The maximum atomic E-state index is 13.3. The number of benzene rings is 2. The molecule has 23 heavy (non-hydrogen) atoms. The van der Waals surface area contributed by atoms with Crippen LogP contribution in [0, 0.1) is 5.82 Å². The molecular weight excluding hydrogens is 295 g/mol. The summed E-state index contributed by atoms with van der Waals surface area (Å²) >= 11 is 0. The van der Waals surface area contributed by atoms with Gasteiger partial charge < -0.3 is 10.7 Å². The minimum absolute atomic E-state index is 0.0338. The predicted molar refractivity (Wildman–Crippen MR) is 86.2 cm³/mol. The summed E-state index contributed by atoms with van der Waals surface area (Å²) < 4.78 is 14.9. The van der Waals surface area contributed by atoms with Gasteiger partial charge in [0, 0.05) is 28.0 Å². The van der Waals surface area contributed by atoms with E-state index >= 15 is 0 Å². The number of aromatic amines is 1. The van der Waals surface area contributed by atoms with Crippen LogP contribution in [-0.2, 0) is 11.3 Å². The molecule has 1 amide bonds. The number of nitrogens with two attached hydrogens (primary N) is 1. The zero-order valence-corrected chi connectivity index (χ0v) is 12.1. The maximum absolute atomic E-state index is 13.3. The second kappa shape index (κ2) is 4.95. The van der Waals surface area contributed by atoms with Gasteiger partial charge in [-0.1, -0.05) is 12.1 Å². The Bertz CT molecular complexity index is 1050. The van der Waals surface area contributed by atoms with Crippen molar-refractivity contribution >= 4 is 27.7 Å². The van der Waals surface area contributed by atoms with Gasteiger partial charge in [-0.3, -0.25) is 9.48 Å². The minimum Gasteiger partial charge on any atom is -0.368 e. The lowest BCUT2D eigenvalue weighted by molar-refractivity contribution is -0.118. The molecule has 6 heteroatoms. The third kappa shape index (κ3) is 2.24. The zero-order chi connectivity index (χ0) is 16.0. The molecule has 0 aliphatic carbocycles. The molecule has 0 saturated carbocycles. The average molecular weight is 308 g/mol. The smallest absolute Gasteiger partial charge is 0.239 e. The number of rotatable bonds is 3. The quantitative estimate of drug-likeness (QED) is 0.610. The molecule has 2 aromatic carbocycles.